The molecule has 0 heterocycles. The van der Waals surface area contributed by atoms with Crippen LogP contribution in [0.4, 0.5) is 9.18 Å². The van der Waals surface area contributed by atoms with Gasteiger partial charge in [0.25, 0.3) is 0 Å². The molecule has 0 unspecified atom stereocenters. The van der Waals surface area contributed by atoms with Gasteiger partial charge in [0.15, 0.2) is 0 Å². The Labute approximate surface area is 151 Å². The first-order chi connectivity index (χ1) is 12.5. The van der Waals surface area contributed by atoms with E-state index < -0.39 is 5.97 Å². The van der Waals surface area contributed by atoms with E-state index in [4.69, 9.17) is 9.84 Å². The third-order valence-corrected chi connectivity index (χ3v) is 3.59. The minimum absolute atomic E-state index is 0.209. The number of halogens is 1. The van der Waals surface area contributed by atoms with Gasteiger partial charge in [-0.2, -0.15) is 0 Å². The maximum Gasteiger partial charge on any atom is 0.335 e. The quantitative estimate of drug-likeness (QED) is 0.599. The number of hydrogen-bond acceptors (Lipinski definition) is 3. The Hall–Kier alpha value is -3.09. The molecule has 0 aliphatic rings. The highest BCUT2D eigenvalue weighted by Gasteiger charge is 2.03. The summed E-state index contributed by atoms with van der Waals surface area (Å²) in [6.07, 6.45) is 1.51. The molecular formula is C19H21FN2O4. The number of unbranched alkanes of at least 4 members (excludes halogenated alkanes) is 1. The van der Waals surface area contributed by atoms with Gasteiger partial charge in [0.1, 0.15) is 11.6 Å². The van der Waals surface area contributed by atoms with E-state index in [1.807, 2.05) is 0 Å². The number of urea groups is 1. The molecule has 6 nitrogen and oxygen atoms in total. The summed E-state index contributed by atoms with van der Waals surface area (Å²) in [5.41, 5.74) is 1.03. The van der Waals surface area contributed by atoms with Crippen molar-refractivity contribution in [1.82, 2.24) is 10.6 Å². The van der Waals surface area contributed by atoms with E-state index in [1.54, 1.807) is 24.3 Å². The van der Waals surface area contributed by atoms with Gasteiger partial charge in [-0.05, 0) is 54.8 Å². The van der Waals surface area contributed by atoms with E-state index in [0.29, 0.717) is 25.4 Å². The number of carbonyl (C=O) groups excluding carboxylic acids is 1. The molecule has 3 N–H and O–H groups in total. The van der Waals surface area contributed by atoms with E-state index in [0.717, 1.165) is 18.4 Å². The predicted molar refractivity (Wildman–Crippen MR) is 94.8 cm³/mol. The number of aromatic carboxylic acids is 1. The molecule has 0 aliphatic carbocycles. The van der Waals surface area contributed by atoms with Gasteiger partial charge in [-0.3, -0.25) is 0 Å². The summed E-state index contributed by atoms with van der Waals surface area (Å²) >= 11 is 0. The lowest BCUT2D eigenvalue weighted by Crippen LogP contribution is -2.35. The maximum atomic E-state index is 12.7. The lowest BCUT2D eigenvalue weighted by molar-refractivity contribution is 0.0697. The smallest absolute Gasteiger partial charge is 0.335 e. The van der Waals surface area contributed by atoms with Crippen molar-refractivity contribution in [3.05, 3.63) is 65.5 Å². The second-order valence-corrected chi connectivity index (χ2v) is 5.62. The molecule has 2 aromatic rings. The van der Waals surface area contributed by atoms with Crippen molar-refractivity contribution in [2.45, 2.75) is 19.4 Å². The van der Waals surface area contributed by atoms with Gasteiger partial charge in [-0.25, -0.2) is 14.0 Å². The maximum absolute atomic E-state index is 12.7. The summed E-state index contributed by atoms with van der Waals surface area (Å²) in [6, 6.07) is 11.9. The Morgan fingerprint density at radius 3 is 2.31 bits per heavy atom. The van der Waals surface area contributed by atoms with E-state index in [9.17, 15) is 14.0 Å². The fourth-order valence-electron chi connectivity index (χ4n) is 2.16. The van der Waals surface area contributed by atoms with Gasteiger partial charge < -0.3 is 20.5 Å². The van der Waals surface area contributed by atoms with Crippen molar-refractivity contribution in [2.24, 2.45) is 0 Å². The highest BCUT2D eigenvalue weighted by atomic mass is 19.1. The first kappa shape index (κ1) is 19.2. The highest BCUT2D eigenvalue weighted by molar-refractivity contribution is 5.87. The van der Waals surface area contributed by atoms with Crippen molar-refractivity contribution in [3.63, 3.8) is 0 Å². The molecule has 26 heavy (non-hydrogen) atoms. The number of ether oxygens (including phenoxy) is 1. The highest BCUT2D eigenvalue weighted by Crippen LogP contribution is 2.11. The van der Waals surface area contributed by atoms with Gasteiger partial charge in [0.05, 0.1) is 12.2 Å². The fourth-order valence-corrected chi connectivity index (χ4v) is 2.16. The summed E-state index contributed by atoms with van der Waals surface area (Å²) in [4.78, 5) is 22.5. The van der Waals surface area contributed by atoms with Crippen LogP contribution >= 0.6 is 0 Å². The van der Waals surface area contributed by atoms with E-state index >= 15 is 0 Å². The van der Waals surface area contributed by atoms with Crippen LogP contribution in [0.3, 0.4) is 0 Å². The van der Waals surface area contributed by atoms with Crippen LogP contribution in [0.1, 0.15) is 28.8 Å². The number of nitrogens with one attached hydrogen (secondary N) is 2. The summed E-state index contributed by atoms with van der Waals surface area (Å²) in [5.74, 6) is -0.665. The minimum atomic E-state index is -0.981. The molecule has 0 spiro atoms. The molecule has 0 radical (unpaired) electrons. The van der Waals surface area contributed by atoms with Crippen molar-refractivity contribution in [2.75, 3.05) is 13.2 Å². The Morgan fingerprint density at radius 1 is 0.962 bits per heavy atom. The molecule has 2 rings (SSSR count). The van der Waals surface area contributed by atoms with Gasteiger partial charge in [-0.1, -0.05) is 12.1 Å². The summed E-state index contributed by atoms with van der Waals surface area (Å²) in [7, 11) is 0. The Kier molecular flexibility index (Phi) is 7.42. The van der Waals surface area contributed by atoms with Gasteiger partial charge in [0.2, 0.25) is 0 Å². The third-order valence-electron chi connectivity index (χ3n) is 3.59. The summed E-state index contributed by atoms with van der Waals surface area (Å²) in [5, 5.41) is 14.3. The molecule has 0 bridgehead atoms. The van der Waals surface area contributed by atoms with Gasteiger partial charge >= 0.3 is 12.0 Å². The lowest BCUT2D eigenvalue weighted by Gasteiger charge is -2.09. The average Bonchev–Trinajstić information content (AvgIpc) is 2.64. The second kappa shape index (κ2) is 10.0. The van der Waals surface area contributed by atoms with E-state index in [1.165, 1.54) is 24.3 Å². The molecule has 0 saturated heterocycles. The largest absolute Gasteiger partial charge is 0.494 e. The fraction of sp³-hybridized carbons (Fsp3) is 0.263. The van der Waals surface area contributed by atoms with Crippen LogP contribution in [-0.2, 0) is 6.54 Å². The number of rotatable bonds is 9. The van der Waals surface area contributed by atoms with Crippen molar-refractivity contribution in [3.8, 4) is 5.75 Å². The van der Waals surface area contributed by atoms with Crippen molar-refractivity contribution >= 4 is 12.0 Å². The zero-order valence-corrected chi connectivity index (χ0v) is 14.2. The van der Waals surface area contributed by atoms with E-state index in [-0.39, 0.29) is 17.4 Å². The molecule has 2 aromatic carbocycles. The van der Waals surface area contributed by atoms with Gasteiger partial charge in [-0.15, -0.1) is 0 Å². The molecule has 7 heteroatoms. The molecular weight excluding hydrogens is 339 g/mol. The molecule has 0 atom stereocenters. The number of carboxylic acids is 1. The number of carboxylic acid groups (broad SMARTS) is 1. The Bertz CT molecular complexity index is 717. The molecule has 0 aliphatic heterocycles. The van der Waals surface area contributed by atoms with Crippen LogP contribution in [-0.4, -0.2) is 30.3 Å². The monoisotopic (exact) mass is 360 g/mol. The average molecular weight is 360 g/mol. The standard InChI is InChI=1S/C19H21FN2O4/c20-16-7-9-17(10-8-16)26-12-2-1-11-21-19(25)22-13-14-3-5-15(6-4-14)18(23)24/h3-10H,1-2,11-13H2,(H,23,24)(H2,21,22,25). The predicted octanol–water partition coefficient (Wildman–Crippen LogP) is 3.18. The second-order valence-electron chi connectivity index (χ2n) is 5.62. The van der Waals surface area contributed by atoms with Crippen LogP contribution in [0.5, 0.6) is 5.75 Å². The molecule has 0 aromatic heterocycles. The first-order valence-electron chi connectivity index (χ1n) is 8.27. The van der Waals surface area contributed by atoms with Crippen molar-refractivity contribution in [1.29, 1.82) is 0 Å². The lowest BCUT2D eigenvalue weighted by atomic mass is 10.1. The van der Waals surface area contributed by atoms with Crippen molar-refractivity contribution < 1.29 is 23.8 Å². The Balaban J connectivity index is 1.54. The first-order valence-corrected chi connectivity index (χ1v) is 8.27. The number of carbonyl (C=O) groups is 2. The number of benzene rings is 2. The SMILES string of the molecule is O=C(NCCCCOc1ccc(F)cc1)NCc1ccc(C(=O)O)cc1. The van der Waals surface area contributed by atoms with Gasteiger partial charge in [0, 0.05) is 13.1 Å². The number of amides is 2. The van der Waals surface area contributed by atoms with E-state index in [2.05, 4.69) is 10.6 Å². The zero-order valence-electron chi connectivity index (χ0n) is 14.2. The molecule has 2 amide bonds. The zero-order chi connectivity index (χ0) is 18.8. The minimum Gasteiger partial charge on any atom is -0.494 e. The van der Waals surface area contributed by atoms with Crippen LogP contribution in [0.2, 0.25) is 0 Å². The molecule has 138 valence electrons. The number of hydrogen-bond donors (Lipinski definition) is 3. The summed E-state index contributed by atoms with van der Waals surface area (Å²) in [6.45, 7) is 1.32. The third kappa shape index (κ3) is 6.80. The molecule has 0 fully saturated rings. The normalized spacial score (nSPS) is 10.2. The topological polar surface area (TPSA) is 87.7 Å². The van der Waals surface area contributed by atoms with Crippen LogP contribution in [0, 0.1) is 5.82 Å². The van der Waals surface area contributed by atoms with Crippen LogP contribution < -0.4 is 15.4 Å². The Morgan fingerprint density at radius 2 is 1.65 bits per heavy atom. The summed E-state index contributed by atoms with van der Waals surface area (Å²) < 4.78 is 18.2. The van der Waals surface area contributed by atoms with Crippen LogP contribution in [0.15, 0.2) is 48.5 Å². The van der Waals surface area contributed by atoms with Crippen LogP contribution in [0.25, 0.3) is 0 Å². The molecule has 0 saturated carbocycles.